The average molecular weight is 263 g/mol. The second-order valence-electron chi connectivity index (χ2n) is 5.72. The molecule has 102 valence electrons. The Bertz CT molecular complexity index is 344. The Hall–Kier alpha value is -0.170. The molecule has 1 atom stereocenters. The molecule has 0 amide bonds. The van der Waals surface area contributed by atoms with Crippen molar-refractivity contribution in [3.63, 3.8) is 0 Å². The molecule has 1 rings (SSSR count). The van der Waals surface area contributed by atoms with Gasteiger partial charge < -0.3 is 10.6 Å². The summed E-state index contributed by atoms with van der Waals surface area (Å²) < 4.78 is 24.3. The molecule has 17 heavy (non-hydrogen) atoms. The van der Waals surface area contributed by atoms with Crippen LogP contribution in [0.2, 0.25) is 0 Å². The Morgan fingerprint density at radius 1 is 1.24 bits per heavy atom. The fraction of sp³-hybridized carbons (Fsp3) is 1.00. The van der Waals surface area contributed by atoms with Crippen molar-refractivity contribution in [1.29, 1.82) is 0 Å². The third-order valence-corrected chi connectivity index (χ3v) is 4.97. The van der Waals surface area contributed by atoms with Crippen LogP contribution in [0.4, 0.5) is 0 Å². The predicted octanol–water partition coefficient (Wildman–Crippen LogP) is -0.0630. The molecule has 6 heteroatoms. The number of hydrogen-bond donors (Lipinski definition) is 1. The van der Waals surface area contributed by atoms with Crippen LogP contribution >= 0.6 is 0 Å². The van der Waals surface area contributed by atoms with E-state index in [4.69, 9.17) is 5.73 Å². The number of rotatable bonds is 4. The first-order chi connectivity index (χ1) is 7.63. The van der Waals surface area contributed by atoms with Crippen LogP contribution in [0.5, 0.6) is 0 Å². The van der Waals surface area contributed by atoms with Crippen LogP contribution in [-0.2, 0) is 10.0 Å². The smallest absolute Gasteiger partial charge is 0.211 e. The van der Waals surface area contributed by atoms with E-state index in [2.05, 4.69) is 18.7 Å². The summed E-state index contributed by atoms with van der Waals surface area (Å²) in [5.41, 5.74) is 6.01. The Labute approximate surface area is 105 Å². The highest BCUT2D eigenvalue weighted by atomic mass is 32.2. The normalized spacial score (nSPS) is 22.6. The lowest BCUT2D eigenvalue weighted by atomic mass is 9.85. The zero-order valence-corrected chi connectivity index (χ0v) is 12.1. The molecule has 1 aliphatic heterocycles. The first-order valence-electron chi connectivity index (χ1n) is 6.06. The van der Waals surface area contributed by atoms with Gasteiger partial charge in [-0.3, -0.25) is 0 Å². The number of piperazine rings is 1. The monoisotopic (exact) mass is 263 g/mol. The van der Waals surface area contributed by atoms with Gasteiger partial charge in [0.15, 0.2) is 0 Å². The van der Waals surface area contributed by atoms with Gasteiger partial charge in [-0.25, -0.2) is 8.42 Å². The lowest BCUT2D eigenvalue weighted by Crippen LogP contribution is -2.52. The summed E-state index contributed by atoms with van der Waals surface area (Å²) in [5.74, 6) is 0. The zero-order valence-electron chi connectivity index (χ0n) is 11.3. The molecule has 1 heterocycles. The second kappa shape index (κ2) is 5.22. The van der Waals surface area contributed by atoms with E-state index in [9.17, 15) is 8.42 Å². The van der Waals surface area contributed by atoms with Gasteiger partial charge in [-0.05, 0) is 12.3 Å². The molecule has 5 nitrogen and oxygen atoms in total. The SMILES string of the molecule is CC(N)C(C)(C)CN1CCN(S(C)(=O)=O)CC1. The van der Waals surface area contributed by atoms with Gasteiger partial charge in [0.25, 0.3) is 0 Å². The largest absolute Gasteiger partial charge is 0.327 e. The van der Waals surface area contributed by atoms with Crippen molar-refractivity contribution in [2.45, 2.75) is 26.8 Å². The van der Waals surface area contributed by atoms with Crippen molar-refractivity contribution in [3.05, 3.63) is 0 Å². The summed E-state index contributed by atoms with van der Waals surface area (Å²) in [6.07, 6.45) is 1.27. The van der Waals surface area contributed by atoms with Crippen LogP contribution in [0.1, 0.15) is 20.8 Å². The van der Waals surface area contributed by atoms with Gasteiger partial charge >= 0.3 is 0 Å². The van der Waals surface area contributed by atoms with Crippen LogP contribution in [0, 0.1) is 5.41 Å². The van der Waals surface area contributed by atoms with Crippen LogP contribution in [0.3, 0.4) is 0 Å². The number of nitrogens with two attached hydrogens (primary N) is 1. The summed E-state index contributed by atoms with van der Waals surface area (Å²) in [4.78, 5) is 2.30. The maximum atomic E-state index is 11.4. The van der Waals surface area contributed by atoms with E-state index in [0.29, 0.717) is 13.1 Å². The fourth-order valence-corrected chi connectivity index (χ4v) is 2.77. The maximum Gasteiger partial charge on any atom is 0.211 e. The van der Waals surface area contributed by atoms with Crippen molar-refractivity contribution in [2.75, 3.05) is 39.0 Å². The number of sulfonamides is 1. The molecule has 1 fully saturated rings. The molecule has 0 aromatic heterocycles. The Morgan fingerprint density at radius 2 is 1.71 bits per heavy atom. The Morgan fingerprint density at radius 3 is 2.06 bits per heavy atom. The summed E-state index contributed by atoms with van der Waals surface area (Å²) in [6.45, 7) is 10.0. The van der Waals surface area contributed by atoms with E-state index in [0.717, 1.165) is 19.6 Å². The number of hydrogen-bond acceptors (Lipinski definition) is 4. The fourth-order valence-electron chi connectivity index (χ4n) is 1.94. The van der Waals surface area contributed by atoms with Crippen molar-refractivity contribution >= 4 is 10.0 Å². The minimum absolute atomic E-state index is 0.0628. The van der Waals surface area contributed by atoms with Gasteiger partial charge in [-0.15, -0.1) is 0 Å². The minimum atomic E-state index is -3.03. The average Bonchev–Trinajstić information content (AvgIpc) is 2.16. The maximum absolute atomic E-state index is 11.4. The van der Waals surface area contributed by atoms with E-state index in [1.54, 1.807) is 4.31 Å². The zero-order chi connectivity index (χ0) is 13.3. The third-order valence-electron chi connectivity index (χ3n) is 3.66. The molecule has 0 aliphatic carbocycles. The highest BCUT2D eigenvalue weighted by molar-refractivity contribution is 7.88. The summed E-state index contributed by atoms with van der Waals surface area (Å²) in [7, 11) is -3.03. The molecule has 1 unspecified atom stereocenters. The van der Waals surface area contributed by atoms with E-state index < -0.39 is 10.0 Å². The van der Waals surface area contributed by atoms with Crippen molar-refractivity contribution in [3.8, 4) is 0 Å². The highest BCUT2D eigenvalue weighted by Crippen LogP contribution is 2.21. The topological polar surface area (TPSA) is 66.6 Å². The first-order valence-corrected chi connectivity index (χ1v) is 7.91. The molecule has 0 radical (unpaired) electrons. The molecule has 1 aliphatic rings. The molecular formula is C11H25N3O2S. The highest BCUT2D eigenvalue weighted by Gasteiger charge is 2.29. The van der Waals surface area contributed by atoms with Gasteiger partial charge in [0.05, 0.1) is 6.26 Å². The molecule has 0 aromatic carbocycles. The van der Waals surface area contributed by atoms with Crippen molar-refractivity contribution in [1.82, 2.24) is 9.21 Å². The summed E-state index contributed by atoms with van der Waals surface area (Å²) in [5, 5.41) is 0. The molecule has 0 saturated carbocycles. The lowest BCUT2D eigenvalue weighted by molar-refractivity contribution is 0.120. The molecule has 1 saturated heterocycles. The summed E-state index contributed by atoms with van der Waals surface area (Å²) in [6, 6.07) is 0.135. The molecule has 0 aromatic rings. The van der Waals surface area contributed by atoms with Crippen LogP contribution in [0.15, 0.2) is 0 Å². The third kappa shape index (κ3) is 4.21. The van der Waals surface area contributed by atoms with Crippen molar-refractivity contribution < 1.29 is 8.42 Å². The molecular weight excluding hydrogens is 238 g/mol. The molecule has 0 bridgehead atoms. The quantitative estimate of drug-likeness (QED) is 0.771. The second-order valence-corrected chi connectivity index (χ2v) is 7.70. The minimum Gasteiger partial charge on any atom is -0.327 e. The first kappa shape index (κ1) is 14.9. The van der Waals surface area contributed by atoms with Gasteiger partial charge in [0, 0.05) is 38.8 Å². The molecule has 0 spiro atoms. The van der Waals surface area contributed by atoms with E-state index in [-0.39, 0.29) is 11.5 Å². The Balaban J connectivity index is 2.48. The van der Waals surface area contributed by atoms with Crippen LogP contribution < -0.4 is 5.73 Å². The van der Waals surface area contributed by atoms with Gasteiger partial charge in [0.2, 0.25) is 10.0 Å². The van der Waals surface area contributed by atoms with Crippen LogP contribution in [-0.4, -0.2) is 62.6 Å². The van der Waals surface area contributed by atoms with Crippen molar-refractivity contribution in [2.24, 2.45) is 11.1 Å². The van der Waals surface area contributed by atoms with Gasteiger partial charge in [0.1, 0.15) is 0 Å². The lowest BCUT2D eigenvalue weighted by Gasteiger charge is -2.39. The Kier molecular flexibility index (Phi) is 4.57. The van der Waals surface area contributed by atoms with Gasteiger partial charge in [-0.2, -0.15) is 4.31 Å². The van der Waals surface area contributed by atoms with Gasteiger partial charge in [-0.1, -0.05) is 13.8 Å². The molecule has 2 N–H and O–H groups in total. The van der Waals surface area contributed by atoms with E-state index in [1.807, 2.05) is 6.92 Å². The van der Waals surface area contributed by atoms with E-state index >= 15 is 0 Å². The number of nitrogens with zero attached hydrogens (tertiary/aromatic N) is 2. The summed E-state index contributed by atoms with van der Waals surface area (Å²) >= 11 is 0. The van der Waals surface area contributed by atoms with E-state index in [1.165, 1.54) is 6.26 Å². The predicted molar refractivity (Wildman–Crippen MR) is 70.3 cm³/mol. The van der Waals surface area contributed by atoms with Crippen LogP contribution in [0.25, 0.3) is 0 Å². The standard InChI is InChI=1S/C11H25N3O2S/c1-10(12)11(2,3)9-13-5-7-14(8-6-13)17(4,15)16/h10H,5-9,12H2,1-4H3.